The number of hydrogen-bond donors (Lipinski definition) is 1. The summed E-state index contributed by atoms with van der Waals surface area (Å²) in [4.78, 5) is 9.79. The van der Waals surface area contributed by atoms with Gasteiger partial charge in [0, 0.05) is 10.5 Å². The van der Waals surface area contributed by atoms with Crippen molar-refractivity contribution < 1.29 is 4.92 Å². The van der Waals surface area contributed by atoms with Crippen LogP contribution in [0.5, 0.6) is 0 Å². The molecule has 5 nitrogen and oxygen atoms in total. The number of benzene rings is 1. The van der Waals surface area contributed by atoms with E-state index in [1.54, 1.807) is 6.07 Å². The predicted molar refractivity (Wildman–Crippen MR) is 49.9 cm³/mol. The molecular formula is C7H4BrN3O2. The fourth-order valence-electron chi connectivity index (χ4n) is 0.819. The van der Waals surface area contributed by atoms with Gasteiger partial charge in [-0.25, -0.2) is 0 Å². The van der Waals surface area contributed by atoms with Gasteiger partial charge in [-0.05, 0) is 22.0 Å². The summed E-state index contributed by atoms with van der Waals surface area (Å²) in [7, 11) is 0. The molecule has 0 aliphatic carbocycles. The van der Waals surface area contributed by atoms with E-state index in [-0.39, 0.29) is 16.9 Å². The zero-order chi connectivity index (χ0) is 10.0. The first kappa shape index (κ1) is 9.48. The van der Waals surface area contributed by atoms with Gasteiger partial charge in [0.1, 0.15) is 11.6 Å². The number of hydrogen-bond acceptors (Lipinski definition) is 4. The van der Waals surface area contributed by atoms with Crippen LogP contribution in [-0.4, -0.2) is 4.92 Å². The molecule has 13 heavy (non-hydrogen) atoms. The Bertz CT molecular complexity index is 411. The molecule has 0 heterocycles. The second-order valence-electron chi connectivity index (χ2n) is 2.26. The highest BCUT2D eigenvalue weighted by Gasteiger charge is 2.15. The Balaban J connectivity index is 3.44. The van der Waals surface area contributed by atoms with Gasteiger partial charge in [0.2, 0.25) is 0 Å². The molecule has 0 aromatic heterocycles. The molecule has 0 atom stereocenters. The number of nitrogen functional groups attached to an aromatic ring is 1. The van der Waals surface area contributed by atoms with E-state index in [9.17, 15) is 10.1 Å². The van der Waals surface area contributed by atoms with E-state index in [0.29, 0.717) is 4.47 Å². The molecule has 2 N–H and O–H groups in total. The Kier molecular flexibility index (Phi) is 2.49. The lowest BCUT2D eigenvalue weighted by Crippen LogP contribution is -1.95. The first-order valence-corrected chi connectivity index (χ1v) is 3.99. The summed E-state index contributed by atoms with van der Waals surface area (Å²) in [6.07, 6.45) is 0. The number of nitriles is 1. The largest absolute Gasteiger partial charge is 0.398 e. The van der Waals surface area contributed by atoms with Crippen LogP contribution in [0.25, 0.3) is 0 Å². The average Bonchev–Trinajstić information content (AvgIpc) is 2.08. The lowest BCUT2D eigenvalue weighted by molar-refractivity contribution is -0.385. The molecular weight excluding hydrogens is 238 g/mol. The van der Waals surface area contributed by atoms with E-state index in [0.717, 1.165) is 6.07 Å². The van der Waals surface area contributed by atoms with Gasteiger partial charge in [0.25, 0.3) is 5.69 Å². The van der Waals surface area contributed by atoms with Gasteiger partial charge in [0.15, 0.2) is 0 Å². The van der Waals surface area contributed by atoms with Crippen molar-refractivity contribution in [1.82, 2.24) is 0 Å². The summed E-state index contributed by atoms with van der Waals surface area (Å²) in [5.41, 5.74) is 5.38. The summed E-state index contributed by atoms with van der Waals surface area (Å²) in [6.45, 7) is 0. The number of anilines is 1. The number of nitro groups is 1. The molecule has 66 valence electrons. The van der Waals surface area contributed by atoms with E-state index >= 15 is 0 Å². The quantitative estimate of drug-likeness (QED) is 0.461. The zero-order valence-corrected chi connectivity index (χ0v) is 7.91. The standard InChI is InChI=1S/C7H4BrN3O2/c8-5-1-4(3-9)7(11(12)13)2-6(5)10/h1-2H,10H2. The van der Waals surface area contributed by atoms with Crippen molar-refractivity contribution in [3.05, 3.63) is 32.3 Å². The monoisotopic (exact) mass is 241 g/mol. The van der Waals surface area contributed by atoms with E-state index in [4.69, 9.17) is 11.0 Å². The van der Waals surface area contributed by atoms with Crippen molar-refractivity contribution >= 4 is 27.3 Å². The fourth-order valence-corrected chi connectivity index (χ4v) is 1.16. The van der Waals surface area contributed by atoms with Crippen molar-refractivity contribution in [3.63, 3.8) is 0 Å². The smallest absolute Gasteiger partial charge is 0.289 e. The van der Waals surface area contributed by atoms with Gasteiger partial charge in [-0.1, -0.05) is 0 Å². The molecule has 0 radical (unpaired) electrons. The van der Waals surface area contributed by atoms with Crippen LogP contribution < -0.4 is 5.73 Å². The fraction of sp³-hybridized carbons (Fsp3) is 0. The van der Waals surface area contributed by atoms with Crippen LogP contribution in [0.1, 0.15) is 5.56 Å². The van der Waals surface area contributed by atoms with Crippen molar-refractivity contribution in [1.29, 1.82) is 5.26 Å². The lowest BCUT2D eigenvalue weighted by Gasteiger charge is -1.99. The lowest BCUT2D eigenvalue weighted by atomic mass is 10.2. The minimum Gasteiger partial charge on any atom is -0.398 e. The van der Waals surface area contributed by atoms with E-state index in [1.165, 1.54) is 6.07 Å². The third kappa shape index (κ3) is 1.76. The number of rotatable bonds is 1. The van der Waals surface area contributed by atoms with Gasteiger partial charge in [0.05, 0.1) is 10.6 Å². The first-order chi connectivity index (χ1) is 6.06. The van der Waals surface area contributed by atoms with E-state index in [2.05, 4.69) is 15.9 Å². The molecule has 0 amide bonds. The molecule has 6 heteroatoms. The van der Waals surface area contributed by atoms with Crippen molar-refractivity contribution in [2.75, 3.05) is 5.73 Å². The molecule has 0 spiro atoms. The molecule has 1 rings (SSSR count). The highest BCUT2D eigenvalue weighted by molar-refractivity contribution is 9.10. The van der Waals surface area contributed by atoms with Crippen LogP contribution in [0, 0.1) is 21.4 Å². The summed E-state index contributed by atoms with van der Waals surface area (Å²) < 4.78 is 0.481. The minimum atomic E-state index is -0.638. The molecule has 1 aromatic carbocycles. The Morgan fingerprint density at radius 2 is 2.23 bits per heavy atom. The van der Waals surface area contributed by atoms with Crippen LogP contribution in [0.15, 0.2) is 16.6 Å². The van der Waals surface area contributed by atoms with E-state index < -0.39 is 4.92 Å². The summed E-state index contributed by atoms with van der Waals surface area (Å²) in [5, 5.41) is 19.0. The SMILES string of the molecule is N#Cc1cc(Br)c(N)cc1[N+](=O)[O-]. The third-order valence-electron chi connectivity index (χ3n) is 1.43. The maximum absolute atomic E-state index is 10.4. The zero-order valence-electron chi connectivity index (χ0n) is 6.32. The Labute approximate surface area is 82.0 Å². The minimum absolute atomic E-state index is 0.00826. The third-order valence-corrected chi connectivity index (χ3v) is 2.12. The normalized spacial score (nSPS) is 9.23. The number of nitrogens with zero attached hydrogens (tertiary/aromatic N) is 2. The van der Waals surface area contributed by atoms with Gasteiger partial charge in [-0.2, -0.15) is 5.26 Å². The number of nitrogens with two attached hydrogens (primary N) is 1. The van der Waals surface area contributed by atoms with Crippen molar-refractivity contribution in [2.24, 2.45) is 0 Å². The molecule has 0 saturated heterocycles. The average molecular weight is 242 g/mol. The molecule has 0 bridgehead atoms. The maximum Gasteiger partial charge on any atom is 0.289 e. The second kappa shape index (κ2) is 3.41. The van der Waals surface area contributed by atoms with Gasteiger partial charge < -0.3 is 5.73 Å². The first-order valence-electron chi connectivity index (χ1n) is 3.19. The van der Waals surface area contributed by atoms with Crippen LogP contribution >= 0.6 is 15.9 Å². The molecule has 0 saturated carbocycles. The molecule has 0 unspecified atom stereocenters. The molecule has 0 aliphatic rings. The summed E-state index contributed by atoms with van der Waals surface area (Å²) in [6, 6.07) is 4.20. The van der Waals surface area contributed by atoms with Gasteiger partial charge >= 0.3 is 0 Å². The van der Waals surface area contributed by atoms with Crippen molar-refractivity contribution in [3.8, 4) is 6.07 Å². The highest BCUT2D eigenvalue weighted by Crippen LogP contribution is 2.28. The molecule has 0 aliphatic heterocycles. The highest BCUT2D eigenvalue weighted by atomic mass is 79.9. The Morgan fingerprint density at radius 1 is 1.62 bits per heavy atom. The molecule has 0 fully saturated rings. The summed E-state index contributed by atoms with van der Waals surface area (Å²) in [5.74, 6) is 0. The summed E-state index contributed by atoms with van der Waals surface area (Å²) >= 11 is 3.07. The Hall–Kier alpha value is -1.61. The maximum atomic E-state index is 10.4. The molecule has 1 aromatic rings. The van der Waals surface area contributed by atoms with Gasteiger partial charge in [-0.15, -0.1) is 0 Å². The predicted octanol–water partition coefficient (Wildman–Crippen LogP) is 1.81. The van der Waals surface area contributed by atoms with E-state index in [1.807, 2.05) is 0 Å². The van der Waals surface area contributed by atoms with Crippen LogP contribution in [0.2, 0.25) is 0 Å². The number of halogens is 1. The Morgan fingerprint density at radius 3 is 2.69 bits per heavy atom. The van der Waals surface area contributed by atoms with Crippen molar-refractivity contribution in [2.45, 2.75) is 0 Å². The van der Waals surface area contributed by atoms with Gasteiger partial charge in [-0.3, -0.25) is 10.1 Å². The van der Waals surface area contributed by atoms with Crippen LogP contribution in [0.3, 0.4) is 0 Å². The second-order valence-corrected chi connectivity index (χ2v) is 3.11. The number of nitro benzene ring substituents is 1. The topological polar surface area (TPSA) is 93.0 Å². The van der Waals surface area contributed by atoms with Crippen LogP contribution in [-0.2, 0) is 0 Å². The van der Waals surface area contributed by atoms with Crippen LogP contribution in [0.4, 0.5) is 11.4 Å².